The lowest BCUT2D eigenvalue weighted by molar-refractivity contribution is -0.131. The highest BCUT2D eigenvalue weighted by Gasteiger charge is 2.18. The Kier molecular flexibility index (Phi) is 6.86. The lowest BCUT2D eigenvalue weighted by Crippen LogP contribution is -2.37. The van der Waals surface area contributed by atoms with Gasteiger partial charge in [0.2, 0.25) is 5.91 Å². The van der Waals surface area contributed by atoms with Crippen LogP contribution >= 0.6 is 0 Å². The van der Waals surface area contributed by atoms with Gasteiger partial charge in [0.25, 0.3) is 5.91 Å². The standard InChI is InChI=1S/C21H20N2O6/c1-13-3-8-17(11-14(13)2)23(19(25)9-10-20(26)27)12-18(24)22-16-6-4-15(5-7-16)21(28)29/h3-11H,12H2,1-2H3,(H,22,24)(H,26,27)(H,28,29)/b10-9+. The monoisotopic (exact) mass is 396 g/mol. The van der Waals surface area contributed by atoms with Crippen LogP contribution in [-0.4, -0.2) is 40.5 Å². The van der Waals surface area contributed by atoms with Crippen molar-refractivity contribution in [1.29, 1.82) is 0 Å². The average molecular weight is 396 g/mol. The minimum atomic E-state index is -1.28. The largest absolute Gasteiger partial charge is 0.478 e. The first-order valence-corrected chi connectivity index (χ1v) is 8.60. The van der Waals surface area contributed by atoms with Gasteiger partial charge in [0.1, 0.15) is 6.54 Å². The zero-order chi connectivity index (χ0) is 21.6. The van der Waals surface area contributed by atoms with Gasteiger partial charge in [0.15, 0.2) is 0 Å². The maximum Gasteiger partial charge on any atom is 0.335 e. The van der Waals surface area contributed by atoms with Gasteiger partial charge in [0, 0.05) is 23.5 Å². The van der Waals surface area contributed by atoms with Crippen LogP contribution in [0.3, 0.4) is 0 Å². The Morgan fingerprint density at radius 1 is 0.931 bits per heavy atom. The molecule has 0 aliphatic carbocycles. The molecule has 150 valence electrons. The molecule has 2 rings (SSSR count). The summed E-state index contributed by atoms with van der Waals surface area (Å²) in [7, 11) is 0. The lowest BCUT2D eigenvalue weighted by Gasteiger charge is -2.22. The van der Waals surface area contributed by atoms with Crippen LogP contribution in [0.5, 0.6) is 0 Å². The number of hydrogen-bond donors (Lipinski definition) is 3. The van der Waals surface area contributed by atoms with Crippen molar-refractivity contribution in [2.75, 3.05) is 16.8 Å². The van der Waals surface area contributed by atoms with E-state index in [1.165, 1.54) is 24.3 Å². The Hall–Kier alpha value is -3.94. The molecular weight excluding hydrogens is 376 g/mol. The second kappa shape index (κ2) is 9.32. The van der Waals surface area contributed by atoms with Gasteiger partial charge >= 0.3 is 11.9 Å². The molecule has 0 atom stereocenters. The third-order valence-electron chi connectivity index (χ3n) is 4.15. The molecule has 0 heterocycles. The normalized spacial score (nSPS) is 10.6. The van der Waals surface area contributed by atoms with E-state index in [4.69, 9.17) is 10.2 Å². The zero-order valence-electron chi connectivity index (χ0n) is 15.9. The van der Waals surface area contributed by atoms with E-state index >= 15 is 0 Å². The van der Waals surface area contributed by atoms with Crippen LogP contribution in [0.2, 0.25) is 0 Å². The predicted molar refractivity (Wildman–Crippen MR) is 107 cm³/mol. The van der Waals surface area contributed by atoms with E-state index in [9.17, 15) is 19.2 Å². The summed E-state index contributed by atoms with van der Waals surface area (Å²) in [5.74, 6) is -3.55. The topological polar surface area (TPSA) is 124 Å². The van der Waals surface area contributed by atoms with Crippen molar-refractivity contribution in [3.8, 4) is 0 Å². The minimum absolute atomic E-state index is 0.0775. The molecular formula is C21H20N2O6. The van der Waals surface area contributed by atoms with E-state index in [1.807, 2.05) is 13.8 Å². The molecule has 2 amide bonds. The summed E-state index contributed by atoms with van der Waals surface area (Å²) in [5, 5.41) is 20.3. The quantitative estimate of drug-likeness (QED) is 0.618. The van der Waals surface area contributed by atoms with Crippen LogP contribution in [0.1, 0.15) is 21.5 Å². The summed E-state index contributed by atoms with van der Waals surface area (Å²) in [4.78, 5) is 47.7. The predicted octanol–water partition coefficient (Wildman–Crippen LogP) is 2.61. The number of aromatic carboxylic acids is 1. The second-order valence-electron chi connectivity index (χ2n) is 6.30. The number of amides is 2. The van der Waals surface area contributed by atoms with Gasteiger partial charge in [-0.05, 0) is 61.4 Å². The summed E-state index contributed by atoms with van der Waals surface area (Å²) >= 11 is 0. The minimum Gasteiger partial charge on any atom is -0.478 e. The number of rotatable bonds is 7. The van der Waals surface area contributed by atoms with Crippen molar-refractivity contribution in [2.45, 2.75) is 13.8 Å². The van der Waals surface area contributed by atoms with Crippen LogP contribution in [0, 0.1) is 13.8 Å². The maximum absolute atomic E-state index is 12.5. The number of aryl methyl sites for hydroxylation is 2. The van der Waals surface area contributed by atoms with Gasteiger partial charge in [0.05, 0.1) is 5.56 Å². The zero-order valence-corrected chi connectivity index (χ0v) is 15.9. The number of anilines is 2. The van der Waals surface area contributed by atoms with Crippen LogP contribution < -0.4 is 10.2 Å². The fraction of sp³-hybridized carbons (Fsp3) is 0.143. The third-order valence-corrected chi connectivity index (χ3v) is 4.15. The van der Waals surface area contributed by atoms with E-state index in [0.717, 1.165) is 22.1 Å². The number of nitrogens with one attached hydrogen (secondary N) is 1. The van der Waals surface area contributed by atoms with Crippen LogP contribution in [0.15, 0.2) is 54.6 Å². The van der Waals surface area contributed by atoms with Gasteiger partial charge in [-0.3, -0.25) is 14.5 Å². The molecule has 29 heavy (non-hydrogen) atoms. The Balaban J connectivity index is 2.22. The first-order chi connectivity index (χ1) is 13.7. The smallest absolute Gasteiger partial charge is 0.335 e. The molecule has 3 N–H and O–H groups in total. The molecule has 0 saturated carbocycles. The van der Waals surface area contributed by atoms with Crippen LogP contribution in [0.25, 0.3) is 0 Å². The first kappa shape index (κ1) is 21.4. The van der Waals surface area contributed by atoms with Crippen molar-refractivity contribution in [2.24, 2.45) is 0 Å². The van der Waals surface area contributed by atoms with E-state index in [0.29, 0.717) is 17.5 Å². The van der Waals surface area contributed by atoms with E-state index in [1.54, 1.807) is 18.2 Å². The van der Waals surface area contributed by atoms with E-state index in [2.05, 4.69) is 5.32 Å². The Bertz CT molecular complexity index is 979. The summed E-state index contributed by atoms with van der Waals surface area (Å²) in [5.41, 5.74) is 2.81. The molecule has 0 saturated heterocycles. The van der Waals surface area contributed by atoms with Crippen molar-refractivity contribution in [3.63, 3.8) is 0 Å². The van der Waals surface area contributed by atoms with Crippen LogP contribution in [0.4, 0.5) is 11.4 Å². The van der Waals surface area contributed by atoms with Gasteiger partial charge in [-0.2, -0.15) is 0 Å². The first-order valence-electron chi connectivity index (χ1n) is 8.60. The number of carboxylic acids is 2. The number of aliphatic carboxylic acids is 1. The number of carbonyl (C=O) groups is 4. The molecule has 8 heteroatoms. The van der Waals surface area contributed by atoms with Crippen molar-refractivity contribution in [3.05, 3.63) is 71.3 Å². The Morgan fingerprint density at radius 3 is 2.14 bits per heavy atom. The van der Waals surface area contributed by atoms with Crippen LogP contribution in [-0.2, 0) is 14.4 Å². The number of carboxylic acid groups (broad SMARTS) is 2. The molecule has 2 aromatic rings. The third kappa shape index (κ3) is 6.03. The lowest BCUT2D eigenvalue weighted by atomic mass is 10.1. The Labute approximate surface area is 167 Å². The van der Waals surface area contributed by atoms with Crippen molar-refractivity contribution < 1.29 is 29.4 Å². The van der Waals surface area contributed by atoms with Crippen molar-refractivity contribution >= 4 is 35.1 Å². The molecule has 0 unspecified atom stereocenters. The Morgan fingerprint density at radius 2 is 1.59 bits per heavy atom. The van der Waals surface area contributed by atoms with Gasteiger partial charge < -0.3 is 15.5 Å². The molecule has 0 aliphatic rings. The second-order valence-corrected chi connectivity index (χ2v) is 6.30. The number of carbonyl (C=O) groups excluding carboxylic acids is 2. The SMILES string of the molecule is Cc1ccc(N(CC(=O)Nc2ccc(C(=O)O)cc2)C(=O)/C=C/C(=O)O)cc1C. The average Bonchev–Trinajstić information content (AvgIpc) is 2.67. The van der Waals surface area contributed by atoms with Gasteiger partial charge in [-0.1, -0.05) is 6.07 Å². The number of hydrogen-bond acceptors (Lipinski definition) is 4. The molecule has 0 fully saturated rings. The maximum atomic E-state index is 12.5. The summed E-state index contributed by atoms with van der Waals surface area (Å²) in [6.45, 7) is 3.41. The van der Waals surface area contributed by atoms with Gasteiger partial charge in [-0.15, -0.1) is 0 Å². The summed E-state index contributed by atoms with van der Waals surface area (Å²) in [6, 6.07) is 10.8. The van der Waals surface area contributed by atoms with Crippen molar-refractivity contribution in [1.82, 2.24) is 0 Å². The molecule has 2 aromatic carbocycles. The molecule has 0 aliphatic heterocycles. The molecule has 0 spiro atoms. The summed E-state index contributed by atoms with van der Waals surface area (Å²) < 4.78 is 0. The number of nitrogens with zero attached hydrogens (tertiary/aromatic N) is 1. The van der Waals surface area contributed by atoms with E-state index < -0.39 is 23.8 Å². The molecule has 0 bridgehead atoms. The fourth-order valence-corrected chi connectivity index (χ4v) is 2.46. The highest BCUT2D eigenvalue weighted by Crippen LogP contribution is 2.20. The number of benzene rings is 2. The highest BCUT2D eigenvalue weighted by molar-refractivity contribution is 6.08. The fourth-order valence-electron chi connectivity index (χ4n) is 2.46. The van der Waals surface area contributed by atoms with Gasteiger partial charge in [-0.25, -0.2) is 9.59 Å². The summed E-state index contributed by atoms with van der Waals surface area (Å²) in [6.07, 6.45) is 1.59. The molecule has 0 aromatic heterocycles. The van der Waals surface area contributed by atoms with E-state index in [-0.39, 0.29) is 12.1 Å². The highest BCUT2D eigenvalue weighted by atomic mass is 16.4. The molecule has 0 radical (unpaired) electrons. The molecule has 8 nitrogen and oxygen atoms in total.